The van der Waals surface area contributed by atoms with E-state index >= 15 is 0 Å². The van der Waals surface area contributed by atoms with Crippen LogP contribution in [0.25, 0.3) is 0 Å². The van der Waals surface area contributed by atoms with Crippen molar-refractivity contribution in [2.45, 2.75) is 33.6 Å². The van der Waals surface area contributed by atoms with Gasteiger partial charge in [0.2, 0.25) is 5.95 Å². The SMILES string of the molecule is Cc1cccc(Nc2nncc(N3CCC(C)CC3)n2)c1C. The minimum absolute atomic E-state index is 0.560. The van der Waals surface area contributed by atoms with Crippen molar-refractivity contribution in [3.8, 4) is 0 Å². The minimum atomic E-state index is 0.560. The topological polar surface area (TPSA) is 53.9 Å². The summed E-state index contributed by atoms with van der Waals surface area (Å²) < 4.78 is 0. The van der Waals surface area contributed by atoms with Crippen LogP contribution < -0.4 is 10.2 Å². The first-order valence-electron chi connectivity index (χ1n) is 7.91. The van der Waals surface area contributed by atoms with Gasteiger partial charge in [-0.25, -0.2) is 0 Å². The van der Waals surface area contributed by atoms with Crippen LogP contribution in [0.2, 0.25) is 0 Å². The smallest absolute Gasteiger partial charge is 0.249 e. The molecule has 3 rings (SSSR count). The summed E-state index contributed by atoms with van der Waals surface area (Å²) in [6.07, 6.45) is 4.18. The average Bonchev–Trinajstić information content (AvgIpc) is 2.53. The third-order valence-corrected chi connectivity index (χ3v) is 4.50. The molecular weight excluding hydrogens is 274 g/mol. The average molecular weight is 297 g/mol. The second-order valence-electron chi connectivity index (χ2n) is 6.18. The molecule has 1 aromatic carbocycles. The number of aromatic nitrogens is 3. The van der Waals surface area contributed by atoms with Crippen LogP contribution in [-0.2, 0) is 0 Å². The van der Waals surface area contributed by atoms with Gasteiger partial charge in [-0.1, -0.05) is 19.1 Å². The summed E-state index contributed by atoms with van der Waals surface area (Å²) in [5.41, 5.74) is 3.49. The number of nitrogens with zero attached hydrogens (tertiary/aromatic N) is 4. The first kappa shape index (κ1) is 14.8. The molecule has 0 unspecified atom stereocenters. The van der Waals surface area contributed by atoms with Crippen molar-refractivity contribution in [1.82, 2.24) is 15.2 Å². The van der Waals surface area contributed by atoms with Gasteiger partial charge in [-0.05, 0) is 49.8 Å². The lowest BCUT2D eigenvalue weighted by atomic mass is 9.99. The standard InChI is InChI=1S/C17H23N5/c1-12-7-9-22(10-8-12)16-11-18-21-17(20-16)19-15-6-4-5-13(2)14(15)3/h4-6,11-12H,7-10H2,1-3H3,(H,19,20,21). The largest absolute Gasteiger partial charge is 0.355 e. The summed E-state index contributed by atoms with van der Waals surface area (Å²) in [4.78, 5) is 6.92. The number of aryl methyl sites for hydroxylation is 1. The Kier molecular flexibility index (Phi) is 4.22. The summed E-state index contributed by atoms with van der Waals surface area (Å²) >= 11 is 0. The van der Waals surface area contributed by atoms with Crippen molar-refractivity contribution in [1.29, 1.82) is 0 Å². The molecule has 0 aliphatic carbocycles. The summed E-state index contributed by atoms with van der Waals surface area (Å²) in [5, 5.41) is 11.5. The Bertz CT molecular complexity index is 647. The highest BCUT2D eigenvalue weighted by atomic mass is 15.3. The molecule has 0 bridgehead atoms. The van der Waals surface area contributed by atoms with Gasteiger partial charge in [0.25, 0.3) is 0 Å². The first-order valence-corrected chi connectivity index (χ1v) is 7.91. The van der Waals surface area contributed by atoms with Crippen molar-refractivity contribution >= 4 is 17.5 Å². The van der Waals surface area contributed by atoms with E-state index in [4.69, 9.17) is 0 Å². The Labute approximate surface area is 131 Å². The maximum atomic E-state index is 4.63. The van der Waals surface area contributed by atoms with Gasteiger partial charge in [0.1, 0.15) is 0 Å². The van der Waals surface area contributed by atoms with E-state index < -0.39 is 0 Å². The molecule has 2 aromatic rings. The summed E-state index contributed by atoms with van der Waals surface area (Å²) in [6, 6.07) is 6.18. The van der Waals surface area contributed by atoms with Crippen LogP contribution in [0.1, 0.15) is 30.9 Å². The minimum Gasteiger partial charge on any atom is -0.355 e. The van der Waals surface area contributed by atoms with Crippen molar-refractivity contribution in [2.75, 3.05) is 23.3 Å². The fourth-order valence-electron chi connectivity index (χ4n) is 2.74. The number of piperidine rings is 1. The summed E-state index contributed by atoms with van der Waals surface area (Å²) in [5.74, 6) is 2.28. The van der Waals surface area contributed by atoms with Crippen LogP contribution in [0.15, 0.2) is 24.4 Å². The predicted molar refractivity (Wildman–Crippen MR) is 89.6 cm³/mol. The third kappa shape index (κ3) is 3.18. The van der Waals surface area contributed by atoms with E-state index in [-0.39, 0.29) is 0 Å². The maximum Gasteiger partial charge on any atom is 0.249 e. The molecule has 1 N–H and O–H groups in total. The van der Waals surface area contributed by atoms with Crippen molar-refractivity contribution in [2.24, 2.45) is 5.92 Å². The number of benzene rings is 1. The molecule has 1 aliphatic rings. The monoisotopic (exact) mass is 297 g/mol. The van der Waals surface area contributed by atoms with Gasteiger partial charge < -0.3 is 10.2 Å². The molecule has 2 heterocycles. The van der Waals surface area contributed by atoms with Gasteiger partial charge >= 0.3 is 0 Å². The molecule has 1 saturated heterocycles. The van der Waals surface area contributed by atoms with Crippen molar-refractivity contribution < 1.29 is 0 Å². The van der Waals surface area contributed by atoms with Gasteiger partial charge in [0.15, 0.2) is 5.82 Å². The van der Waals surface area contributed by atoms with Crippen molar-refractivity contribution in [3.05, 3.63) is 35.5 Å². The zero-order valence-corrected chi connectivity index (χ0v) is 13.5. The van der Waals surface area contributed by atoms with Crippen LogP contribution in [0.4, 0.5) is 17.5 Å². The Balaban J connectivity index is 1.78. The van der Waals surface area contributed by atoms with Gasteiger partial charge in [-0.3, -0.25) is 0 Å². The van der Waals surface area contributed by atoms with E-state index in [0.29, 0.717) is 5.95 Å². The van der Waals surface area contributed by atoms with Gasteiger partial charge in [0, 0.05) is 18.8 Å². The maximum absolute atomic E-state index is 4.63. The zero-order chi connectivity index (χ0) is 15.5. The molecular formula is C17H23N5. The van der Waals surface area contributed by atoms with Crippen LogP contribution in [0, 0.1) is 19.8 Å². The van der Waals surface area contributed by atoms with Gasteiger partial charge in [0.05, 0.1) is 6.20 Å². The van der Waals surface area contributed by atoms with E-state index in [1.807, 2.05) is 12.1 Å². The lowest BCUT2D eigenvalue weighted by Gasteiger charge is -2.30. The first-order chi connectivity index (χ1) is 10.6. The highest BCUT2D eigenvalue weighted by Crippen LogP contribution is 2.23. The van der Waals surface area contributed by atoms with Gasteiger partial charge in [-0.2, -0.15) is 10.1 Å². The molecule has 5 heteroatoms. The second-order valence-corrected chi connectivity index (χ2v) is 6.18. The summed E-state index contributed by atoms with van der Waals surface area (Å²) in [6.45, 7) is 8.60. The molecule has 1 aliphatic heterocycles. The quantitative estimate of drug-likeness (QED) is 0.940. The molecule has 0 amide bonds. The van der Waals surface area contributed by atoms with Crippen LogP contribution in [0.3, 0.4) is 0 Å². The lowest BCUT2D eigenvalue weighted by Crippen LogP contribution is -2.33. The molecule has 1 fully saturated rings. The molecule has 116 valence electrons. The summed E-state index contributed by atoms with van der Waals surface area (Å²) in [7, 11) is 0. The number of hydrogen-bond acceptors (Lipinski definition) is 5. The molecule has 1 aromatic heterocycles. The highest BCUT2D eigenvalue weighted by Gasteiger charge is 2.17. The van der Waals surface area contributed by atoms with Crippen LogP contribution >= 0.6 is 0 Å². The van der Waals surface area contributed by atoms with E-state index in [1.54, 1.807) is 6.20 Å². The molecule has 0 radical (unpaired) electrons. The fraction of sp³-hybridized carbons (Fsp3) is 0.471. The Hall–Kier alpha value is -2.17. The fourth-order valence-corrected chi connectivity index (χ4v) is 2.74. The Morgan fingerprint density at radius 2 is 1.95 bits per heavy atom. The normalized spacial score (nSPS) is 15.9. The van der Waals surface area contributed by atoms with E-state index in [2.05, 4.69) is 52.2 Å². The third-order valence-electron chi connectivity index (χ3n) is 4.50. The predicted octanol–water partition coefficient (Wildman–Crippen LogP) is 3.47. The number of hydrogen-bond donors (Lipinski definition) is 1. The second kappa shape index (κ2) is 6.30. The number of nitrogens with one attached hydrogen (secondary N) is 1. The lowest BCUT2D eigenvalue weighted by molar-refractivity contribution is 0.436. The Morgan fingerprint density at radius 3 is 2.73 bits per heavy atom. The molecule has 0 spiro atoms. The number of rotatable bonds is 3. The van der Waals surface area contributed by atoms with Crippen molar-refractivity contribution in [3.63, 3.8) is 0 Å². The van der Waals surface area contributed by atoms with E-state index in [1.165, 1.54) is 24.0 Å². The number of anilines is 3. The van der Waals surface area contributed by atoms with E-state index in [0.717, 1.165) is 30.5 Å². The zero-order valence-electron chi connectivity index (χ0n) is 13.5. The van der Waals surface area contributed by atoms with Gasteiger partial charge in [-0.15, -0.1) is 5.10 Å². The van der Waals surface area contributed by atoms with Crippen LogP contribution in [-0.4, -0.2) is 28.3 Å². The van der Waals surface area contributed by atoms with Crippen LogP contribution in [0.5, 0.6) is 0 Å². The molecule has 0 saturated carbocycles. The highest BCUT2D eigenvalue weighted by molar-refractivity contribution is 5.60. The van der Waals surface area contributed by atoms with E-state index in [9.17, 15) is 0 Å². The molecule has 5 nitrogen and oxygen atoms in total. The Morgan fingerprint density at radius 1 is 1.18 bits per heavy atom. The molecule has 0 atom stereocenters. The molecule has 22 heavy (non-hydrogen) atoms.